The second-order valence-electron chi connectivity index (χ2n) is 21.2. The van der Waals surface area contributed by atoms with E-state index in [-0.39, 0.29) is 111 Å². The molecule has 0 unspecified atom stereocenters. The van der Waals surface area contributed by atoms with Crippen LogP contribution in [0.1, 0.15) is 128 Å². The number of hydrogen-bond donors (Lipinski definition) is 7. The first-order valence-corrected chi connectivity index (χ1v) is 25.5. The number of carbonyl (C=O) groups excluding carboxylic acids is 6. The van der Waals surface area contributed by atoms with E-state index >= 15 is 0 Å². The molecule has 0 aromatic heterocycles. The zero-order valence-electron chi connectivity index (χ0n) is 42.1. The van der Waals surface area contributed by atoms with Gasteiger partial charge in [0.15, 0.2) is 0 Å². The molecule has 4 fully saturated rings. The van der Waals surface area contributed by atoms with Crippen LogP contribution in [0, 0.1) is 46.3 Å². The van der Waals surface area contributed by atoms with Gasteiger partial charge >= 0.3 is 23.9 Å². The molecule has 4 saturated carbocycles. The number of aliphatic hydroxyl groups is 2. The van der Waals surface area contributed by atoms with Crippen molar-refractivity contribution in [3.63, 3.8) is 0 Å². The number of methoxy groups -OCH3 is 1. The number of carbonyl (C=O) groups is 7. The minimum absolute atomic E-state index is 0. The normalized spacial score (nSPS) is 28.9. The Kier molecular flexibility index (Phi) is 21.0. The number of aliphatic carboxylic acids is 1. The fourth-order valence-corrected chi connectivity index (χ4v) is 12.9. The third-order valence-electron chi connectivity index (χ3n) is 17.0. The largest absolute Gasteiger partial charge is 0.481 e. The van der Waals surface area contributed by atoms with Gasteiger partial charge in [0.1, 0.15) is 25.3 Å². The second kappa shape index (κ2) is 26.2. The summed E-state index contributed by atoms with van der Waals surface area (Å²) in [6.07, 6.45) is 3.00. The van der Waals surface area contributed by atoms with Gasteiger partial charge in [0.05, 0.1) is 25.4 Å². The number of halogens is 1. The third kappa shape index (κ3) is 14.3. The van der Waals surface area contributed by atoms with E-state index in [1.165, 1.54) is 7.11 Å². The van der Waals surface area contributed by atoms with E-state index in [1.54, 1.807) is 36.4 Å². The number of fused-ring (bicyclic) bond motifs is 5. The number of rotatable bonds is 23. The first-order valence-electron chi connectivity index (χ1n) is 25.5. The van der Waals surface area contributed by atoms with E-state index in [4.69, 9.17) is 25.1 Å². The molecule has 2 aromatic rings. The van der Waals surface area contributed by atoms with Crippen molar-refractivity contribution >= 4 is 54.0 Å². The summed E-state index contributed by atoms with van der Waals surface area (Å²) in [5, 5.41) is 41.8. The Morgan fingerprint density at radius 1 is 0.694 bits per heavy atom. The Morgan fingerprint density at radius 2 is 1.25 bits per heavy atom. The van der Waals surface area contributed by atoms with E-state index in [1.807, 2.05) is 24.3 Å². The molecule has 0 spiro atoms. The predicted octanol–water partition coefficient (Wildman–Crippen LogP) is 5.29. The van der Waals surface area contributed by atoms with E-state index in [2.05, 4.69) is 36.7 Å². The van der Waals surface area contributed by atoms with Gasteiger partial charge in [-0.05, 0) is 128 Å². The van der Waals surface area contributed by atoms with Crippen molar-refractivity contribution in [2.24, 2.45) is 52.1 Å². The molecule has 14 atom stereocenters. The second-order valence-corrected chi connectivity index (χ2v) is 21.2. The molecule has 8 N–H and O–H groups in total. The van der Waals surface area contributed by atoms with Crippen LogP contribution in [-0.2, 0) is 61.0 Å². The summed E-state index contributed by atoms with van der Waals surface area (Å²) in [5.41, 5.74) is 6.89. The molecule has 0 saturated heterocycles. The SMILES string of the molecule is COC(=O)CC[C@@H](C)[C@H]1CC[C@H]2[C@@H]3[C@H](O)C[C@@H]4C[C@@H](NC(=O)[C@H](CCC(=O)OCc5ccccc5)NC(=O)[C@H](CCC(=O)OCc5ccccc5)NC(=O)[C@@H](N)CCC(=O)O)CC[C@]4(C)[C@H]3C[C@H](O)[C@]12C.Cl. The molecule has 0 aliphatic heterocycles. The lowest BCUT2D eigenvalue weighted by Crippen LogP contribution is -2.63. The summed E-state index contributed by atoms with van der Waals surface area (Å²) in [4.78, 5) is 91.1. The average molecular weight is 1030 g/mol. The van der Waals surface area contributed by atoms with Crippen molar-refractivity contribution in [1.82, 2.24) is 16.0 Å². The zero-order valence-corrected chi connectivity index (χ0v) is 42.9. The van der Waals surface area contributed by atoms with E-state index in [9.17, 15) is 43.8 Å². The summed E-state index contributed by atoms with van der Waals surface area (Å²) >= 11 is 0. The van der Waals surface area contributed by atoms with Gasteiger partial charge in [0.2, 0.25) is 17.7 Å². The van der Waals surface area contributed by atoms with Gasteiger partial charge in [-0.1, -0.05) is 81.4 Å². The van der Waals surface area contributed by atoms with Crippen molar-refractivity contribution in [2.75, 3.05) is 7.11 Å². The van der Waals surface area contributed by atoms with Gasteiger partial charge in [-0.15, -0.1) is 12.4 Å². The van der Waals surface area contributed by atoms with Crippen LogP contribution in [0.2, 0.25) is 0 Å². The van der Waals surface area contributed by atoms with Gasteiger partial charge in [0.25, 0.3) is 0 Å². The maximum Gasteiger partial charge on any atom is 0.306 e. The van der Waals surface area contributed by atoms with Gasteiger partial charge in [-0.3, -0.25) is 33.6 Å². The van der Waals surface area contributed by atoms with E-state index in [0.29, 0.717) is 38.5 Å². The van der Waals surface area contributed by atoms with Crippen molar-refractivity contribution in [3.8, 4) is 0 Å². The van der Waals surface area contributed by atoms with Crippen LogP contribution in [0.15, 0.2) is 60.7 Å². The first kappa shape index (κ1) is 57.8. The van der Waals surface area contributed by atoms with Crippen molar-refractivity contribution in [3.05, 3.63) is 71.8 Å². The monoisotopic (exact) mass is 1020 g/mol. The fourth-order valence-electron chi connectivity index (χ4n) is 12.9. The first-order chi connectivity index (χ1) is 33.8. The highest BCUT2D eigenvalue weighted by Crippen LogP contribution is 2.68. The van der Waals surface area contributed by atoms with Gasteiger partial charge in [-0.25, -0.2) is 0 Å². The summed E-state index contributed by atoms with van der Waals surface area (Å²) in [6.45, 7) is 6.60. The molecule has 18 heteroatoms. The van der Waals surface area contributed by atoms with Crippen LogP contribution in [0.5, 0.6) is 0 Å². The highest BCUT2D eigenvalue weighted by atomic mass is 35.5. The maximum atomic E-state index is 14.4. The number of ether oxygens (including phenoxy) is 3. The molecule has 4 aliphatic carbocycles. The molecule has 0 bridgehead atoms. The molecule has 0 radical (unpaired) electrons. The molecule has 2 aromatic carbocycles. The Balaban J connectivity index is 0.00000963. The number of carboxylic acids is 1. The lowest BCUT2D eigenvalue weighted by atomic mass is 9.43. The van der Waals surface area contributed by atoms with Crippen LogP contribution >= 0.6 is 12.4 Å². The number of nitrogens with one attached hydrogen (secondary N) is 3. The van der Waals surface area contributed by atoms with Crippen LogP contribution in [0.25, 0.3) is 0 Å². The smallest absolute Gasteiger partial charge is 0.306 e. The topological polar surface area (TPSA) is 270 Å². The van der Waals surface area contributed by atoms with Crippen molar-refractivity contribution in [2.45, 2.75) is 167 Å². The molecule has 72 heavy (non-hydrogen) atoms. The molecule has 398 valence electrons. The van der Waals surface area contributed by atoms with Crippen LogP contribution in [-0.4, -0.2) is 100 Å². The number of benzene rings is 2. The standard InChI is InChI=1S/C54H76N4O13.ClH/c1-32(15-22-46(63)69-4)37-16-17-38-49-39(29-44(60)54(37,38)3)53(2)26-25-36(27-35(53)28-43(49)59)56-51(67)41(19-23-47(64)70-30-33-11-7-5-8-12-33)58-52(68)42(57-50(66)40(55)18-21-45(61)62)20-24-48(65)71-31-34-13-9-6-10-14-34;/h5-14,32,35-44,49,59-60H,15-31,55H2,1-4H3,(H,56,67)(H,57,66)(H,58,68)(H,61,62);1H/t32-,35+,36+,37-,38+,39+,40+,41+,42+,43-,44+,49+,53+,54-;/m1./s1. The molecule has 3 amide bonds. The molecule has 17 nitrogen and oxygen atoms in total. The Bertz CT molecular complexity index is 2170. The summed E-state index contributed by atoms with van der Waals surface area (Å²) in [7, 11) is 1.39. The minimum atomic E-state index is -1.40. The zero-order chi connectivity index (χ0) is 51.5. The van der Waals surface area contributed by atoms with Crippen LogP contribution in [0.4, 0.5) is 0 Å². The number of aliphatic hydroxyl groups excluding tert-OH is 2. The number of esters is 3. The summed E-state index contributed by atoms with van der Waals surface area (Å²) in [5.74, 6) is -4.31. The number of hydrogen-bond acceptors (Lipinski definition) is 13. The van der Waals surface area contributed by atoms with E-state index in [0.717, 1.165) is 30.4 Å². The summed E-state index contributed by atoms with van der Waals surface area (Å²) in [6, 6.07) is 13.7. The quantitative estimate of drug-likeness (QED) is 0.0551. The molecule has 0 heterocycles. The maximum absolute atomic E-state index is 14.4. The number of amides is 3. The third-order valence-corrected chi connectivity index (χ3v) is 17.0. The number of nitrogens with two attached hydrogens (primary N) is 1. The van der Waals surface area contributed by atoms with Crippen molar-refractivity contribution in [1.29, 1.82) is 0 Å². The molecule has 4 aliphatic rings. The predicted molar refractivity (Wildman–Crippen MR) is 267 cm³/mol. The molecular formula is C54H77ClN4O13. The average Bonchev–Trinajstić information content (AvgIpc) is 3.72. The summed E-state index contributed by atoms with van der Waals surface area (Å²) < 4.78 is 15.8. The van der Waals surface area contributed by atoms with Gasteiger partial charge < -0.3 is 51.2 Å². The highest BCUT2D eigenvalue weighted by Gasteiger charge is 2.65. The van der Waals surface area contributed by atoms with Gasteiger partial charge in [0, 0.05) is 31.7 Å². The lowest BCUT2D eigenvalue weighted by Gasteiger charge is -2.63. The highest BCUT2D eigenvalue weighted by molar-refractivity contribution is 5.93. The lowest BCUT2D eigenvalue weighted by molar-refractivity contribution is -0.202. The van der Waals surface area contributed by atoms with Crippen LogP contribution < -0.4 is 21.7 Å². The fraction of sp³-hybridized carbons (Fsp3) is 0.648. The van der Waals surface area contributed by atoms with Crippen molar-refractivity contribution < 1.29 is 63.1 Å². The Morgan fingerprint density at radius 3 is 1.82 bits per heavy atom. The van der Waals surface area contributed by atoms with Gasteiger partial charge in [-0.2, -0.15) is 0 Å². The van der Waals surface area contributed by atoms with E-state index < -0.39 is 77.8 Å². The molecular weight excluding hydrogens is 948 g/mol. The molecule has 6 rings (SSSR count). The number of carboxylic acid groups (broad SMARTS) is 1. The Labute approximate surface area is 429 Å². The Hall–Kier alpha value is -5.10. The van der Waals surface area contributed by atoms with Crippen LogP contribution in [0.3, 0.4) is 0 Å². The minimum Gasteiger partial charge on any atom is -0.481 e.